The molecule has 0 saturated carbocycles. The molecule has 2 amide bonds. The van der Waals surface area contributed by atoms with E-state index in [4.69, 9.17) is 12.2 Å². The molecule has 3 aliphatic heterocycles. The van der Waals surface area contributed by atoms with Crippen LogP contribution in [0, 0.1) is 5.92 Å². The van der Waals surface area contributed by atoms with Crippen molar-refractivity contribution in [1.82, 2.24) is 14.4 Å². The molecule has 31 heavy (non-hydrogen) atoms. The molecule has 2 aromatic rings. The highest BCUT2D eigenvalue weighted by Crippen LogP contribution is 2.36. The molecule has 0 N–H and O–H groups in total. The molecule has 8 heteroatoms. The third kappa shape index (κ3) is 3.72. The number of likely N-dealkylation sites (tertiary alicyclic amines) is 1. The Bertz CT molecular complexity index is 1090. The summed E-state index contributed by atoms with van der Waals surface area (Å²) in [5, 5.41) is 0. The number of aromatic nitrogens is 1. The molecule has 0 spiro atoms. The molecule has 1 aromatic carbocycles. The summed E-state index contributed by atoms with van der Waals surface area (Å²) in [4.78, 5) is 40.7. The number of hydrogen-bond donors (Lipinski definition) is 0. The van der Waals surface area contributed by atoms with Crippen molar-refractivity contribution in [1.29, 1.82) is 0 Å². The van der Waals surface area contributed by atoms with Crippen LogP contribution in [-0.4, -0.2) is 55.9 Å². The van der Waals surface area contributed by atoms with Crippen molar-refractivity contribution in [3.63, 3.8) is 0 Å². The Morgan fingerprint density at radius 2 is 1.71 bits per heavy atom. The van der Waals surface area contributed by atoms with Crippen LogP contribution in [0.4, 0.5) is 0 Å². The Morgan fingerprint density at radius 3 is 2.45 bits per heavy atom. The second-order valence-electron chi connectivity index (χ2n) is 8.38. The molecule has 3 aliphatic rings. The smallest absolute Gasteiger partial charge is 0.261 e. The second kappa shape index (κ2) is 8.24. The fourth-order valence-corrected chi connectivity index (χ4v) is 6.14. The normalized spacial score (nSPS) is 21.8. The lowest BCUT2D eigenvalue weighted by atomic mass is 9.83. The average molecular weight is 454 g/mol. The second-order valence-corrected chi connectivity index (χ2v) is 10.1. The van der Waals surface area contributed by atoms with Crippen LogP contribution >= 0.6 is 24.0 Å². The lowest BCUT2D eigenvalue weighted by Gasteiger charge is -2.43. The standard InChI is InChI=1S/C23H23N3O3S2/c27-20-8-3-7-19-16-11-15(13-26(19)20)12-24(14-16)23(30)31-10-4-9-25-21(28)17-5-1-2-6-18(17)22(25)29/h1-3,5-8,15-16H,4,9-14H2/t15-,16+/m1/s1. The third-order valence-electron chi connectivity index (χ3n) is 6.37. The average Bonchev–Trinajstić information content (AvgIpc) is 3.02. The number of pyridine rings is 1. The molecule has 2 atom stereocenters. The highest BCUT2D eigenvalue weighted by Gasteiger charge is 2.36. The van der Waals surface area contributed by atoms with Gasteiger partial charge in [0.15, 0.2) is 0 Å². The summed E-state index contributed by atoms with van der Waals surface area (Å²) in [6, 6.07) is 12.5. The van der Waals surface area contributed by atoms with Gasteiger partial charge in [-0.15, -0.1) is 0 Å². The number of thioether (sulfide) groups is 1. The van der Waals surface area contributed by atoms with Gasteiger partial charge in [0.2, 0.25) is 0 Å². The molecular weight excluding hydrogens is 430 g/mol. The highest BCUT2D eigenvalue weighted by atomic mass is 32.2. The lowest BCUT2D eigenvalue weighted by Crippen LogP contribution is -2.48. The quantitative estimate of drug-likeness (QED) is 0.403. The third-order valence-corrected chi connectivity index (χ3v) is 7.98. The van der Waals surface area contributed by atoms with Crippen LogP contribution in [0.5, 0.6) is 0 Å². The molecule has 0 aliphatic carbocycles. The van der Waals surface area contributed by atoms with Crippen molar-refractivity contribution in [2.24, 2.45) is 5.92 Å². The predicted molar refractivity (Wildman–Crippen MR) is 125 cm³/mol. The number of rotatable bonds is 4. The van der Waals surface area contributed by atoms with E-state index in [2.05, 4.69) is 11.0 Å². The van der Waals surface area contributed by atoms with Gasteiger partial charge in [0.1, 0.15) is 4.32 Å². The first-order valence-corrected chi connectivity index (χ1v) is 12.0. The van der Waals surface area contributed by atoms with Crippen LogP contribution in [0.3, 0.4) is 0 Å². The van der Waals surface area contributed by atoms with E-state index in [0.717, 1.165) is 41.8 Å². The van der Waals surface area contributed by atoms with Crippen LogP contribution in [0.15, 0.2) is 47.3 Å². The molecule has 1 fully saturated rings. The molecule has 2 bridgehead atoms. The summed E-state index contributed by atoms with van der Waals surface area (Å²) in [6.07, 6.45) is 1.81. The number of carbonyl (C=O) groups excluding carboxylic acids is 2. The molecule has 6 nitrogen and oxygen atoms in total. The first-order valence-electron chi connectivity index (χ1n) is 10.6. The monoisotopic (exact) mass is 453 g/mol. The van der Waals surface area contributed by atoms with Gasteiger partial charge in [0, 0.05) is 49.6 Å². The Balaban J connectivity index is 1.14. The van der Waals surface area contributed by atoms with Gasteiger partial charge in [-0.05, 0) is 37.0 Å². The zero-order chi connectivity index (χ0) is 21.5. The van der Waals surface area contributed by atoms with Crippen molar-refractivity contribution in [3.05, 3.63) is 69.6 Å². The summed E-state index contributed by atoms with van der Waals surface area (Å²) in [5.74, 6) is 1.12. The molecule has 0 radical (unpaired) electrons. The van der Waals surface area contributed by atoms with Crippen LogP contribution in [0.2, 0.25) is 0 Å². The van der Waals surface area contributed by atoms with Gasteiger partial charge in [-0.25, -0.2) is 0 Å². The Morgan fingerprint density at radius 1 is 0.968 bits per heavy atom. The number of nitrogens with zero attached hydrogens (tertiary/aromatic N) is 3. The number of thiocarbonyl (C=S) groups is 1. The minimum absolute atomic E-state index is 0.0887. The van der Waals surface area contributed by atoms with E-state index in [-0.39, 0.29) is 17.4 Å². The number of hydrogen-bond acceptors (Lipinski definition) is 5. The molecule has 4 heterocycles. The fraction of sp³-hybridized carbons (Fsp3) is 0.391. The van der Waals surface area contributed by atoms with Crippen LogP contribution < -0.4 is 5.56 Å². The van der Waals surface area contributed by atoms with Gasteiger partial charge in [0.05, 0.1) is 11.1 Å². The number of amides is 2. The Kier molecular flexibility index (Phi) is 5.44. The highest BCUT2D eigenvalue weighted by molar-refractivity contribution is 8.22. The molecule has 1 aromatic heterocycles. The van der Waals surface area contributed by atoms with Gasteiger partial charge >= 0.3 is 0 Å². The van der Waals surface area contributed by atoms with E-state index in [9.17, 15) is 14.4 Å². The molecule has 160 valence electrons. The Labute approximate surface area is 190 Å². The maximum absolute atomic E-state index is 12.5. The number of benzene rings is 1. The summed E-state index contributed by atoms with van der Waals surface area (Å²) >= 11 is 7.32. The van der Waals surface area contributed by atoms with E-state index in [0.29, 0.717) is 35.9 Å². The largest absolute Gasteiger partial charge is 0.357 e. The minimum Gasteiger partial charge on any atom is -0.357 e. The van der Waals surface area contributed by atoms with E-state index in [1.165, 1.54) is 4.90 Å². The molecule has 5 rings (SSSR count). The van der Waals surface area contributed by atoms with Crippen LogP contribution in [0.1, 0.15) is 45.2 Å². The van der Waals surface area contributed by atoms with Crippen molar-refractivity contribution in [2.75, 3.05) is 25.4 Å². The van der Waals surface area contributed by atoms with Crippen molar-refractivity contribution >= 4 is 40.1 Å². The van der Waals surface area contributed by atoms with Crippen molar-refractivity contribution in [3.8, 4) is 0 Å². The van der Waals surface area contributed by atoms with Gasteiger partial charge in [-0.2, -0.15) is 0 Å². The summed E-state index contributed by atoms with van der Waals surface area (Å²) < 4.78 is 2.79. The van der Waals surface area contributed by atoms with E-state index >= 15 is 0 Å². The lowest BCUT2D eigenvalue weighted by molar-refractivity contribution is 0.0655. The minimum atomic E-state index is -0.203. The number of fused-ring (bicyclic) bond motifs is 5. The molecule has 1 saturated heterocycles. The zero-order valence-electron chi connectivity index (χ0n) is 17.0. The summed E-state index contributed by atoms with van der Waals surface area (Å²) in [7, 11) is 0. The van der Waals surface area contributed by atoms with Crippen LogP contribution in [-0.2, 0) is 6.54 Å². The molecule has 0 unspecified atom stereocenters. The summed E-state index contributed by atoms with van der Waals surface area (Å²) in [6.45, 7) is 2.88. The van der Waals surface area contributed by atoms with E-state index in [1.54, 1.807) is 42.1 Å². The van der Waals surface area contributed by atoms with Gasteiger partial charge in [-0.3, -0.25) is 19.3 Å². The number of piperidine rings is 1. The van der Waals surface area contributed by atoms with Crippen molar-refractivity contribution < 1.29 is 9.59 Å². The number of carbonyl (C=O) groups is 2. The van der Waals surface area contributed by atoms with Crippen molar-refractivity contribution in [2.45, 2.75) is 25.3 Å². The maximum atomic E-state index is 12.5. The van der Waals surface area contributed by atoms with Gasteiger partial charge < -0.3 is 9.47 Å². The van der Waals surface area contributed by atoms with E-state index in [1.807, 2.05) is 10.6 Å². The fourth-order valence-electron chi connectivity index (χ4n) is 4.96. The van der Waals surface area contributed by atoms with Gasteiger partial charge in [-0.1, -0.05) is 42.2 Å². The Hall–Kier alpha value is -2.45. The molecular formula is C23H23N3O3S2. The SMILES string of the molecule is O=C1c2ccccc2C(=O)N1CCCSC(=S)N1C[C@H]2C[C@@H](C1)c1cccc(=O)n1C2. The maximum Gasteiger partial charge on any atom is 0.261 e. The zero-order valence-corrected chi connectivity index (χ0v) is 18.7. The topological polar surface area (TPSA) is 62.6 Å². The van der Waals surface area contributed by atoms with Crippen LogP contribution in [0.25, 0.3) is 0 Å². The number of imide groups is 1. The van der Waals surface area contributed by atoms with Gasteiger partial charge in [0.25, 0.3) is 17.4 Å². The summed E-state index contributed by atoms with van der Waals surface area (Å²) in [5.41, 5.74) is 2.20. The van der Waals surface area contributed by atoms with E-state index < -0.39 is 0 Å². The first kappa shape index (κ1) is 20.5. The first-order chi connectivity index (χ1) is 15.0. The predicted octanol–water partition coefficient (Wildman–Crippen LogP) is 2.97.